The van der Waals surface area contributed by atoms with Gasteiger partial charge in [0.2, 0.25) is 6.29 Å². The van der Waals surface area contributed by atoms with Crippen LogP contribution in [-0.4, -0.2) is 74.3 Å². The fourth-order valence-electron chi connectivity index (χ4n) is 12.0. The lowest BCUT2D eigenvalue weighted by molar-refractivity contribution is -0.291. The highest BCUT2D eigenvalue weighted by molar-refractivity contribution is 5.79. The molecule has 5 N–H and O–H groups in total. The van der Waals surface area contributed by atoms with E-state index >= 15 is 0 Å². The number of carboxylic acid groups (broad SMARTS) is 1. The molecule has 4 saturated carbocycles. The molecule has 0 spiro atoms. The number of esters is 1. The molecule has 45 heavy (non-hydrogen) atoms. The lowest BCUT2D eigenvalue weighted by Crippen LogP contribution is -2.65. The number of carboxylic acids is 1. The van der Waals surface area contributed by atoms with Gasteiger partial charge in [0.05, 0.1) is 11.5 Å². The third-order valence-corrected chi connectivity index (χ3v) is 15.1. The minimum Gasteiger partial charge on any atom is -0.479 e. The lowest BCUT2D eigenvalue weighted by Gasteiger charge is -2.71. The molecule has 5 aliphatic carbocycles. The number of aliphatic carboxylic acids is 1. The molecule has 1 aliphatic heterocycles. The number of carbonyl (C=O) groups excluding carboxylic acids is 1. The van der Waals surface area contributed by atoms with Crippen LogP contribution < -0.4 is 0 Å². The Hall–Kier alpha value is -1.52. The zero-order valence-electron chi connectivity index (χ0n) is 28.2. The molecule has 5 fully saturated rings. The highest BCUT2D eigenvalue weighted by atomic mass is 16.7. The van der Waals surface area contributed by atoms with Gasteiger partial charge in [0.15, 0.2) is 6.10 Å². The summed E-state index contributed by atoms with van der Waals surface area (Å²) in [4.78, 5) is 26.1. The minimum absolute atomic E-state index is 0.00796. The molecule has 0 amide bonds. The number of hydrogen-bond acceptors (Lipinski definition) is 8. The fraction of sp³-hybridized carbons (Fsp3) is 0.889. The van der Waals surface area contributed by atoms with Crippen LogP contribution in [0.5, 0.6) is 0 Å². The second-order valence-corrected chi connectivity index (χ2v) is 17.9. The van der Waals surface area contributed by atoms with Crippen LogP contribution in [0.1, 0.15) is 113 Å². The van der Waals surface area contributed by atoms with Crippen LogP contribution >= 0.6 is 0 Å². The standard InChI is InChI=1S/C36H56O9/c1-31(2)14-16-36(30(43)45-29-26(40)24(38)25(39)27(44-29)28(41)42)17-15-34(6)19(20(36)18-31)8-9-22-33(5)12-11-23(37)32(3,4)21(33)10-13-35(22,34)7/h8,20-27,29,37-40H,9-18H2,1-7H3,(H,41,42)/t20-,21-,22+,23-,24-,25-,26+,27-,29-,33-,34+,35+,36-/m0/s1. The second kappa shape index (κ2) is 10.5. The van der Waals surface area contributed by atoms with E-state index in [1.165, 1.54) is 5.57 Å². The topological polar surface area (TPSA) is 154 Å². The zero-order valence-corrected chi connectivity index (χ0v) is 28.2. The highest BCUT2D eigenvalue weighted by Gasteiger charge is 2.69. The number of hydrogen-bond donors (Lipinski definition) is 5. The molecule has 0 aromatic heterocycles. The lowest BCUT2D eigenvalue weighted by atomic mass is 9.33. The molecule has 0 radical (unpaired) electrons. The van der Waals surface area contributed by atoms with Gasteiger partial charge in [0.1, 0.15) is 18.3 Å². The molecular weight excluding hydrogens is 576 g/mol. The van der Waals surface area contributed by atoms with Gasteiger partial charge >= 0.3 is 11.9 Å². The van der Waals surface area contributed by atoms with Crippen LogP contribution in [0.15, 0.2) is 11.6 Å². The first-order chi connectivity index (χ1) is 20.7. The zero-order chi connectivity index (χ0) is 33.1. The van der Waals surface area contributed by atoms with Crippen molar-refractivity contribution >= 4 is 11.9 Å². The molecule has 0 aromatic carbocycles. The molecule has 13 atom stereocenters. The van der Waals surface area contributed by atoms with Crippen LogP contribution in [0.25, 0.3) is 0 Å². The molecule has 9 heteroatoms. The molecule has 6 aliphatic rings. The Morgan fingerprint density at radius 3 is 2.16 bits per heavy atom. The van der Waals surface area contributed by atoms with E-state index in [4.69, 9.17) is 9.47 Å². The molecule has 254 valence electrons. The van der Waals surface area contributed by atoms with Crippen LogP contribution in [-0.2, 0) is 19.1 Å². The molecule has 9 nitrogen and oxygen atoms in total. The van der Waals surface area contributed by atoms with E-state index in [0.29, 0.717) is 24.7 Å². The maximum Gasteiger partial charge on any atom is 0.335 e. The van der Waals surface area contributed by atoms with Gasteiger partial charge in [0.25, 0.3) is 0 Å². The van der Waals surface area contributed by atoms with Crippen LogP contribution in [0.4, 0.5) is 0 Å². The summed E-state index contributed by atoms with van der Waals surface area (Å²) >= 11 is 0. The Kier molecular flexibility index (Phi) is 7.78. The van der Waals surface area contributed by atoms with Crippen molar-refractivity contribution in [3.63, 3.8) is 0 Å². The van der Waals surface area contributed by atoms with E-state index in [2.05, 4.69) is 54.5 Å². The third-order valence-electron chi connectivity index (χ3n) is 15.1. The first-order valence-corrected chi connectivity index (χ1v) is 17.3. The van der Waals surface area contributed by atoms with E-state index in [-0.39, 0.29) is 39.1 Å². The molecule has 0 aromatic rings. The summed E-state index contributed by atoms with van der Waals surface area (Å²) in [6.45, 7) is 16.4. The van der Waals surface area contributed by atoms with Crippen molar-refractivity contribution in [1.82, 2.24) is 0 Å². The predicted molar refractivity (Wildman–Crippen MR) is 165 cm³/mol. The van der Waals surface area contributed by atoms with Crippen LogP contribution in [0, 0.1) is 50.2 Å². The number of aliphatic hydroxyl groups excluding tert-OH is 4. The van der Waals surface area contributed by atoms with Gasteiger partial charge in [-0.25, -0.2) is 4.79 Å². The van der Waals surface area contributed by atoms with Gasteiger partial charge in [-0.1, -0.05) is 60.1 Å². The highest BCUT2D eigenvalue weighted by Crippen LogP contribution is 2.75. The van der Waals surface area contributed by atoms with Crippen molar-refractivity contribution in [2.75, 3.05) is 0 Å². The second-order valence-electron chi connectivity index (χ2n) is 17.9. The molecule has 1 saturated heterocycles. The van der Waals surface area contributed by atoms with Crippen molar-refractivity contribution in [1.29, 1.82) is 0 Å². The van der Waals surface area contributed by atoms with Crippen LogP contribution in [0.3, 0.4) is 0 Å². The molecule has 1 heterocycles. The average molecular weight is 633 g/mol. The largest absolute Gasteiger partial charge is 0.479 e. The van der Waals surface area contributed by atoms with Gasteiger partial charge in [-0.3, -0.25) is 4.79 Å². The van der Waals surface area contributed by atoms with Crippen LogP contribution in [0.2, 0.25) is 0 Å². The Morgan fingerprint density at radius 2 is 1.49 bits per heavy atom. The van der Waals surface area contributed by atoms with E-state index < -0.39 is 48.1 Å². The molecule has 0 bridgehead atoms. The number of allylic oxidation sites excluding steroid dienone is 2. The SMILES string of the molecule is CC1(C)CC[C@]2(C(=O)O[C@@H]3O[C@H](C(=O)O)[C@@H](O)[C@H](O)[C@H]3O)CC[C@]3(C)C(=CC[C@@H]4[C@@]5(C)CC[C@H](O)C(C)(C)[C@@H]5CC[C@]43C)[C@@H]2C1. The first-order valence-electron chi connectivity index (χ1n) is 17.3. The van der Waals surface area contributed by atoms with Gasteiger partial charge in [-0.2, -0.15) is 0 Å². The number of carbonyl (C=O) groups is 2. The van der Waals surface area contributed by atoms with Crippen molar-refractivity contribution in [2.45, 2.75) is 149 Å². The third kappa shape index (κ3) is 4.57. The Bertz CT molecular complexity index is 1260. The van der Waals surface area contributed by atoms with Gasteiger partial charge in [-0.15, -0.1) is 0 Å². The summed E-state index contributed by atoms with van der Waals surface area (Å²) in [6.07, 6.45) is 1.84. The minimum atomic E-state index is -1.85. The number of rotatable bonds is 3. The fourth-order valence-corrected chi connectivity index (χ4v) is 12.0. The van der Waals surface area contributed by atoms with Crippen molar-refractivity contribution in [3.05, 3.63) is 11.6 Å². The quantitative estimate of drug-likeness (QED) is 0.222. The van der Waals surface area contributed by atoms with Crippen molar-refractivity contribution in [2.24, 2.45) is 50.2 Å². The molecule has 6 rings (SSSR count). The number of ether oxygens (including phenoxy) is 2. The molecular formula is C36H56O9. The summed E-state index contributed by atoms with van der Waals surface area (Å²) in [7, 11) is 0. The maximum atomic E-state index is 14.4. The normalized spacial score (nSPS) is 51.8. The van der Waals surface area contributed by atoms with E-state index in [1.807, 2.05) is 0 Å². The first kappa shape index (κ1) is 33.4. The Balaban J connectivity index is 1.35. The maximum absolute atomic E-state index is 14.4. The van der Waals surface area contributed by atoms with Crippen molar-refractivity contribution in [3.8, 4) is 0 Å². The summed E-state index contributed by atoms with van der Waals surface area (Å²) in [6, 6.07) is 0. The Morgan fingerprint density at radius 1 is 0.822 bits per heavy atom. The number of aliphatic hydroxyl groups is 4. The van der Waals surface area contributed by atoms with E-state index in [0.717, 1.165) is 51.4 Å². The summed E-state index contributed by atoms with van der Waals surface area (Å²) in [5, 5.41) is 51.7. The number of fused-ring (bicyclic) bond motifs is 7. The van der Waals surface area contributed by atoms with Gasteiger partial charge in [0, 0.05) is 0 Å². The monoisotopic (exact) mass is 632 g/mol. The van der Waals surface area contributed by atoms with E-state index in [1.54, 1.807) is 0 Å². The summed E-state index contributed by atoms with van der Waals surface area (Å²) < 4.78 is 11.2. The van der Waals surface area contributed by atoms with Crippen molar-refractivity contribution < 1.29 is 44.6 Å². The summed E-state index contributed by atoms with van der Waals surface area (Å²) in [5.74, 6) is -1.19. The average Bonchev–Trinajstić information content (AvgIpc) is 2.95. The predicted octanol–water partition coefficient (Wildman–Crippen LogP) is 4.58. The van der Waals surface area contributed by atoms with Gasteiger partial charge in [-0.05, 0) is 109 Å². The Labute approximate surface area is 267 Å². The summed E-state index contributed by atoms with van der Waals surface area (Å²) in [5.41, 5.74) is 0.378. The van der Waals surface area contributed by atoms with Gasteiger partial charge < -0.3 is 35.0 Å². The van der Waals surface area contributed by atoms with E-state index in [9.17, 15) is 35.1 Å². The molecule has 0 unspecified atom stereocenters. The smallest absolute Gasteiger partial charge is 0.335 e.